The summed E-state index contributed by atoms with van der Waals surface area (Å²) in [6.45, 7) is 4.91. The highest BCUT2D eigenvalue weighted by molar-refractivity contribution is 5.77. The summed E-state index contributed by atoms with van der Waals surface area (Å²) in [5, 5.41) is 16.7. The first-order chi connectivity index (χ1) is 10.2. The first kappa shape index (κ1) is 15.9. The average molecular weight is 290 g/mol. The van der Waals surface area contributed by atoms with Crippen molar-refractivity contribution in [3.8, 4) is 0 Å². The zero-order chi connectivity index (χ0) is 15.1. The minimum absolute atomic E-state index is 0.178. The molecule has 0 bridgehead atoms. The molecule has 21 heavy (non-hydrogen) atoms. The molecule has 1 aliphatic heterocycles. The zero-order valence-corrected chi connectivity index (χ0v) is 12.5. The molecule has 0 aliphatic carbocycles. The first-order valence-corrected chi connectivity index (χ1v) is 7.66. The lowest BCUT2D eigenvalue weighted by Crippen LogP contribution is -2.36. The summed E-state index contributed by atoms with van der Waals surface area (Å²) >= 11 is 0. The van der Waals surface area contributed by atoms with E-state index in [9.17, 15) is 0 Å². The quantitative estimate of drug-likeness (QED) is 0.541. The van der Waals surface area contributed by atoms with Crippen molar-refractivity contribution < 1.29 is 5.11 Å². The molecule has 1 atom stereocenters. The molecule has 1 unspecified atom stereocenters. The Bertz CT molecular complexity index is 437. The summed E-state index contributed by atoms with van der Waals surface area (Å²) in [5.41, 5.74) is 6.89. The number of rotatable bonds is 6. The van der Waals surface area contributed by atoms with Crippen molar-refractivity contribution in [2.24, 2.45) is 5.73 Å². The van der Waals surface area contributed by atoms with Crippen LogP contribution in [-0.2, 0) is 0 Å². The molecule has 5 heteroatoms. The predicted molar refractivity (Wildman–Crippen MR) is 85.4 cm³/mol. The summed E-state index contributed by atoms with van der Waals surface area (Å²) in [4.78, 5) is 4.73. The van der Waals surface area contributed by atoms with E-state index in [4.69, 9.17) is 16.2 Å². The van der Waals surface area contributed by atoms with Gasteiger partial charge in [0.15, 0.2) is 0 Å². The van der Waals surface area contributed by atoms with E-state index in [1.54, 1.807) is 0 Å². The number of hydrogen-bond acceptors (Lipinski definition) is 4. The molecule has 2 rings (SSSR count). The van der Waals surface area contributed by atoms with E-state index < -0.39 is 0 Å². The van der Waals surface area contributed by atoms with Gasteiger partial charge in [-0.15, -0.1) is 0 Å². The molecule has 1 heterocycles. The van der Waals surface area contributed by atoms with Crippen LogP contribution in [0, 0.1) is 5.41 Å². The summed E-state index contributed by atoms with van der Waals surface area (Å²) < 4.78 is 0. The number of aliphatic hydroxyl groups is 1. The Morgan fingerprint density at radius 1 is 1.19 bits per heavy atom. The van der Waals surface area contributed by atoms with E-state index in [0.29, 0.717) is 6.42 Å². The van der Waals surface area contributed by atoms with Gasteiger partial charge in [0.1, 0.15) is 0 Å². The van der Waals surface area contributed by atoms with Crippen molar-refractivity contribution in [2.45, 2.75) is 18.9 Å². The topological polar surface area (TPSA) is 76.6 Å². The van der Waals surface area contributed by atoms with Crippen molar-refractivity contribution in [3.63, 3.8) is 0 Å². The SMILES string of the molecule is N=C(N)CC(c1ccccc1)N1CCCN(CCO)CC1. The highest BCUT2D eigenvalue weighted by Crippen LogP contribution is 2.25. The molecule has 1 aliphatic rings. The number of hydrogen-bond donors (Lipinski definition) is 3. The Kier molecular flexibility index (Phi) is 6.17. The summed E-state index contributed by atoms with van der Waals surface area (Å²) in [7, 11) is 0. The fourth-order valence-electron chi connectivity index (χ4n) is 3.01. The Balaban J connectivity index is 2.08. The number of amidine groups is 1. The molecule has 1 saturated heterocycles. The second kappa shape index (κ2) is 8.12. The number of benzene rings is 1. The standard InChI is InChI=1S/C16H26N4O/c17-16(18)13-15(14-5-2-1-3-6-14)20-8-4-7-19(9-10-20)11-12-21/h1-3,5-6,15,21H,4,7-13H2,(H3,17,18). The molecule has 0 aromatic heterocycles. The van der Waals surface area contributed by atoms with Crippen LogP contribution in [0.2, 0.25) is 0 Å². The molecule has 116 valence electrons. The Morgan fingerprint density at radius 3 is 2.62 bits per heavy atom. The lowest BCUT2D eigenvalue weighted by atomic mass is 10.0. The van der Waals surface area contributed by atoms with Gasteiger partial charge in [-0.05, 0) is 18.5 Å². The molecular formula is C16H26N4O. The van der Waals surface area contributed by atoms with Crippen molar-refractivity contribution >= 4 is 5.84 Å². The van der Waals surface area contributed by atoms with Crippen LogP contribution in [-0.4, -0.2) is 60.1 Å². The largest absolute Gasteiger partial charge is 0.395 e. The third-order valence-corrected chi connectivity index (χ3v) is 4.08. The van der Waals surface area contributed by atoms with Gasteiger partial charge in [-0.25, -0.2) is 0 Å². The minimum Gasteiger partial charge on any atom is -0.395 e. The average Bonchev–Trinajstić information content (AvgIpc) is 2.72. The summed E-state index contributed by atoms with van der Waals surface area (Å²) in [6.07, 6.45) is 1.66. The summed E-state index contributed by atoms with van der Waals surface area (Å²) in [6, 6.07) is 10.5. The smallest absolute Gasteiger partial charge is 0.0924 e. The lowest BCUT2D eigenvalue weighted by Gasteiger charge is -2.31. The lowest BCUT2D eigenvalue weighted by molar-refractivity contribution is 0.182. The highest BCUT2D eigenvalue weighted by Gasteiger charge is 2.23. The van der Waals surface area contributed by atoms with Crippen LogP contribution < -0.4 is 5.73 Å². The van der Waals surface area contributed by atoms with Gasteiger partial charge in [-0.3, -0.25) is 15.2 Å². The van der Waals surface area contributed by atoms with Crippen molar-refractivity contribution in [1.29, 1.82) is 5.41 Å². The Labute approximate surface area is 126 Å². The maximum Gasteiger partial charge on any atom is 0.0924 e. The molecule has 5 nitrogen and oxygen atoms in total. The predicted octanol–water partition coefficient (Wildman–Crippen LogP) is 1.05. The van der Waals surface area contributed by atoms with E-state index in [1.807, 2.05) is 18.2 Å². The molecule has 0 spiro atoms. The van der Waals surface area contributed by atoms with E-state index in [-0.39, 0.29) is 18.5 Å². The van der Waals surface area contributed by atoms with Crippen LogP contribution in [0.3, 0.4) is 0 Å². The van der Waals surface area contributed by atoms with Crippen molar-refractivity contribution in [3.05, 3.63) is 35.9 Å². The monoisotopic (exact) mass is 290 g/mol. The van der Waals surface area contributed by atoms with Crippen LogP contribution >= 0.6 is 0 Å². The normalized spacial score (nSPS) is 19.1. The molecular weight excluding hydrogens is 264 g/mol. The van der Waals surface area contributed by atoms with Crippen LogP contribution in [0.4, 0.5) is 0 Å². The van der Waals surface area contributed by atoms with Gasteiger partial charge < -0.3 is 10.8 Å². The van der Waals surface area contributed by atoms with Crippen LogP contribution in [0.5, 0.6) is 0 Å². The molecule has 1 aromatic rings. The molecule has 1 aromatic carbocycles. The minimum atomic E-state index is 0.178. The Morgan fingerprint density at radius 2 is 1.95 bits per heavy atom. The van der Waals surface area contributed by atoms with E-state index in [2.05, 4.69) is 21.9 Å². The molecule has 0 amide bonds. The van der Waals surface area contributed by atoms with Gasteiger partial charge in [-0.1, -0.05) is 30.3 Å². The second-order valence-electron chi connectivity index (χ2n) is 5.61. The Hall–Kier alpha value is -1.43. The number of nitrogens with zero attached hydrogens (tertiary/aromatic N) is 2. The van der Waals surface area contributed by atoms with Crippen molar-refractivity contribution in [1.82, 2.24) is 9.80 Å². The van der Waals surface area contributed by atoms with Crippen molar-refractivity contribution in [2.75, 3.05) is 39.3 Å². The van der Waals surface area contributed by atoms with Gasteiger partial charge in [0.05, 0.1) is 12.4 Å². The number of aliphatic hydroxyl groups excluding tert-OH is 1. The highest BCUT2D eigenvalue weighted by atomic mass is 16.3. The van der Waals surface area contributed by atoms with Gasteiger partial charge in [0, 0.05) is 38.6 Å². The molecule has 0 radical (unpaired) electrons. The third kappa shape index (κ3) is 4.81. The molecule has 4 N–H and O–H groups in total. The van der Waals surface area contributed by atoms with Gasteiger partial charge in [-0.2, -0.15) is 0 Å². The van der Waals surface area contributed by atoms with Gasteiger partial charge >= 0.3 is 0 Å². The zero-order valence-electron chi connectivity index (χ0n) is 12.5. The fourth-order valence-corrected chi connectivity index (χ4v) is 3.01. The van der Waals surface area contributed by atoms with E-state index in [0.717, 1.165) is 39.1 Å². The first-order valence-electron chi connectivity index (χ1n) is 7.66. The van der Waals surface area contributed by atoms with Crippen LogP contribution in [0.1, 0.15) is 24.4 Å². The molecule has 0 saturated carbocycles. The van der Waals surface area contributed by atoms with E-state index >= 15 is 0 Å². The molecule has 1 fully saturated rings. The number of nitrogens with one attached hydrogen (secondary N) is 1. The third-order valence-electron chi connectivity index (χ3n) is 4.08. The maximum absolute atomic E-state index is 9.08. The maximum atomic E-state index is 9.08. The summed E-state index contributed by atoms with van der Waals surface area (Å²) in [5.74, 6) is 0.236. The van der Waals surface area contributed by atoms with E-state index in [1.165, 1.54) is 5.56 Å². The van der Waals surface area contributed by atoms with Gasteiger partial charge in [0.25, 0.3) is 0 Å². The van der Waals surface area contributed by atoms with Gasteiger partial charge in [0.2, 0.25) is 0 Å². The second-order valence-corrected chi connectivity index (χ2v) is 5.61. The van der Waals surface area contributed by atoms with Crippen LogP contribution in [0.25, 0.3) is 0 Å². The number of nitrogens with two attached hydrogens (primary N) is 1. The fraction of sp³-hybridized carbons (Fsp3) is 0.562. The number of β-amino-alcohol motifs (C(OH)–C–C–N with tert-alkyl or cyclic N) is 1. The van der Waals surface area contributed by atoms with Crippen LogP contribution in [0.15, 0.2) is 30.3 Å².